The molecule has 0 N–H and O–H groups in total. The Morgan fingerprint density at radius 1 is 0.583 bits per heavy atom. The van der Waals surface area contributed by atoms with Crippen molar-refractivity contribution in [3.05, 3.63) is 167 Å². The summed E-state index contributed by atoms with van der Waals surface area (Å²) in [5.41, 5.74) is 9.44. The van der Waals surface area contributed by atoms with Crippen molar-refractivity contribution in [2.75, 3.05) is 0 Å². The standard InChI is InChI=1S/C35H26.Zr/c1-3-14-26(15-4-1)35(28-18-8-9-19-28,27-16-5-2-6-17-27)34-31-22-12-11-21-30(31)33-29-20-10-7-13-25(29)23-24-32(33)34;/h1-18,20-24,34H,19H2;. The SMILES string of the molecule is C1=CCC(C(c2ccccc2)(c2ccccc2)C2c3ccccc3-c3c2ccc2ccccc32)=C1.[Zr]. The number of fused-ring (bicyclic) bond motifs is 5. The van der Waals surface area contributed by atoms with E-state index in [-0.39, 0.29) is 37.5 Å². The molecule has 36 heavy (non-hydrogen) atoms. The molecule has 1 unspecified atom stereocenters. The summed E-state index contributed by atoms with van der Waals surface area (Å²) < 4.78 is 0. The van der Waals surface area contributed by atoms with E-state index >= 15 is 0 Å². The Morgan fingerprint density at radius 2 is 1.22 bits per heavy atom. The van der Waals surface area contributed by atoms with Crippen LogP contribution in [-0.4, -0.2) is 0 Å². The second-order valence-corrected chi connectivity index (χ2v) is 9.64. The van der Waals surface area contributed by atoms with Gasteiger partial charge in [0, 0.05) is 32.1 Å². The third-order valence-electron chi connectivity index (χ3n) is 7.98. The molecule has 0 nitrogen and oxygen atoms in total. The largest absolute Gasteiger partial charge is 0.0804 e. The van der Waals surface area contributed by atoms with Crippen molar-refractivity contribution in [2.45, 2.75) is 17.8 Å². The number of hydrogen-bond donors (Lipinski definition) is 0. The molecule has 1 heteroatoms. The van der Waals surface area contributed by atoms with E-state index in [1.54, 1.807) is 0 Å². The van der Waals surface area contributed by atoms with Crippen molar-refractivity contribution in [1.29, 1.82) is 0 Å². The van der Waals surface area contributed by atoms with Gasteiger partial charge in [0.1, 0.15) is 0 Å². The van der Waals surface area contributed by atoms with Gasteiger partial charge in [-0.1, -0.05) is 145 Å². The fraction of sp³-hybridized carbons (Fsp3) is 0.0857. The summed E-state index contributed by atoms with van der Waals surface area (Å²) in [7, 11) is 0. The maximum absolute atomic E-state index is 2.39. The molecule has 2 aliphatic rings. The number of benzene rings is 5. The Hall–Kier alpha value is -3.28. The number of rotatable bonds is 4. The molecule has 0 fully saturated rings. The predicted octanol–water partition coefficient (Wildman–Crippen LogP) is 8.82. The van der Waals surface area contributed by atoms with Gasteiger partial charge >= 0.3 is 0 Å². The summed E-state index contributed by atoms with van der Waals surface area (Å²) in [6.45, 7) is 0. The summed E-state index contributed by atoms with van der Waals surface area (Å²) in [6, 6.07) is 45.0. The summed E-state index contributed by atoms with van der Waals surface area (Å²) in [5.74, 6) is 0.175. The molecule has 7 rings (SSSR count). The molecule has 0 heterocycles. The molecule has 0 spiro atoms. The Balaban J connectivity index is 0.00000240. The molecule has 0 aromatic heterocycles. The van der Waals surface area contributed by atoms with E-state index < -0.39 is 0 Å². The van der Waals surface area contributed by atoms with Crippen LogP contribution in [0, 0.1) is 0 Å². The van der Waals surface area contributed by atoms with Crippen LogP contribution in [0.5, 0.6) is 0 Å². The summed E-state index contributed by atoms with van der Waals surface area (Å²) in [5, 5.41) is 2.64. The quantitative estimate of drug-likeness (QED) is 0.215. The van der Waals surface area contributed by atoms with Crippen LogP contribution in [0.4, 0.5) is 0 Å². The van der Waals surface area contributed by atoms with Gasteiger partial charge in [-0.05, 0) is 50.6 Å². The molecule has 5 aromatic carbocycles. The van der Waals surface area contributed by atoms with E-state index in [0.717, 1.165) is 6.42 Å². The van der Waals surface area contributed by atoms with Crippen LogP contribution >= 0.6 is 0 Å². The second-order valence-electron chi connectivity index (χ2n) is 9.64. The molecule has 0 bridgehead atoms. The van der Waals surface area contributed by atoms with Crippen molar-refractivity contribution in [3.8, 4) is 11.1 Å². The van der Waals surface area contributed by atoms with Gasteiger partial charge in [-0.2, -0.15) is 0 Å². The van der Waals surface area contributed by atoms with Gasteiger partial charge in [0.2, 0.25) is 0 Å². The summed E-state index contributed by atoms with van der Waals surface area (Å²) in [6.07, 6.45) is 7.86. The van der Waals surface area contributed by atoms with Crippen LogP contribution in [0.3, 0.4) is 0 Å². The van der Waals surface area contributed by atoms with Gasteiger partial charge in [-0.3, -0.25) is 0 Å². The van der Waals surface area contributed by atoms with Crippen molar-refractivity contribution < 1.29 is 26.2 Å². The zero-order valence-electron chi connectivity index (χ0n) is 20.1. The zero-order chi connectivity index (χ0) is 23.2. The van der Waals surface area contributed by atoms with Crippen molar-refractivity contribution >= 4 is 10.8 Å². The zero-order valence-corrected chi connectivity index (χ0v) is 22.5. The van der Waals surface area contributed by atoms with Gasteiger partial charge < -0.3 is 0 Å². The average molecular weight is 538 g/mol. The van der Waals surface area contributed by atoms with E-state index in [0.29, 0.717) is 0 Å². The summed E-state index contributed by atoms with van der Waals surface area (Å²) in [4.78, 5) is 0. The van der Waals surface area contributed by atoms with E-state index in [9.17, 15) is 0 Å². The third-order valence-corrected chi connectivity index (χ3v) is 7.98. The first-order valence-corrected chi connectivity index (χ1v) is 12.5. The van der Waals surface area contributed by atoms with Gasteiger partial charge in [0.15, 0.2) is 0 Å². The smallest absolute Gasteiger partial charge is 0.0526 e. The number of hydrogen-bond acceptors (Lipinski definition) is 0. The second kappa shape index (κ2) is 9.31. The van der Waals surface area contributed by atoms with Gasteiger partial charge in [-0.25, -0.2) is 0 Å². The molecule has 0 amide bonds. The maximum atomic E-state index is 2.39. The monoisotopic (exact) mass is 536 g/mol. The fourth-order valence-corrected chi connectivity index (χ4v) is 6.64. The van der Waals surface area contributed by atoms with Gasteiger partial charge in [-0.15, -0.1) is 0 Å². The molecular formula is C35H26Zr. The van der Waals surface area contributed by atoms with Crippen LogP contribution in [0.25, 0.3) is 21.9 Å². The molecule has 0 aliphatic heterocycles. The van der Waals surface area contributed by atoms with Crippen LogP contribution in [0.15, 0.2) is 145 Å². The fourth-order valence-electron chi connectivity index (χ4n) is 6.64. The van der Waals surface area contributed by atoms with Crippen molar-refractivity contribution in [2.24, 2.45) is 0 Å². The molecule has 5 aromatic rings. The van der Waals surface area contributed by atoms with E-state index in [2.05, 4.69) is 140 Å². The van der Waals surface area contributed by atoms with E-state index in [1.165, 1.54) is 49.7 Å². The molecule has 1 atom stereocenters. The predicted molar refractivity (Wildman–Crippen MR) is 147 cm³/mol. The molecule has 0 saturated carbocycles. The van der Waals surface area contributed by atoms with Crippen molar-refractivity contribution in [1.82, 2.24) is 0 Å². The topological polar surface area (TPSA) is 0 Å². The Labute approximate surface area is 232 Å². The molecular weight excluding hydrogens is 512 g/mol. The van der Waals surface area contributed by atoms with Crippen LogP contribution in [-0.2, 0) is 31.6 Å². The van der Waals surface area contributed by atoms with Gasteiger partial charge in [0.25, 0.3) is 0 Å². The van der Waals surface area contributed by atoms with E-state index in [1.807, 2.05) is 0 Å². The molecule has 0 saturated heterocycles. The minimum Gasteiger partial charge on any atom is -0.0804 e. The Morgan fingerprint density at radius 3 is 1.92 bits per heavy atom. The minimum atomic E-state index is -0.310. The van der Waals surface area contributed by atoms with Crippen LogP contribution in [0.1, 0.15) is 34.6 Å². The third kappa shape index (κ3) is 3.30. The Kier molecular flexibility index (Phi) is 5.98. The number of allylic oxidation sites excluding steroid dienone is 4. The van der Waals surface area contributed by atoms with Crippen molar-refractivity contribution in [3.63, 3.8) is 0 Å². The first-order valence-electron chi connectivity index (χ1n) is 12.5. The first-order chi connectivity index (χ1) is 17.4. The van der Waals surface area contributed by atoms with Crippen LogP contribution in [0.2, 0.25) is 0 Å². The van der Waals surface area contributed by atoms with Crippen LogP contribution < -0.4 is 0 Å². The molecule has 2 aliphatic carbocycles. The Bertz CT molecular complexity index is 1570. The first kappa shape index (κ1) is 23.1. The molecule has 0 radical (unpaired) electrons. The maximum Gasteiger partial charge on any atom is 0.0526 e. The minimum absolute atomic E-state index is 0. The molecule has 170 valence electrons. The van der Waals surface area contributed by atoms with E-state index in [4.69, 9.17) is 0 Å². The normalized spacial score (nSPS) is 15.8. The summed E-state index contributed by atoms with van der Waals surface area (Å²) >= 11 is 0. The van der Waals surface area contributed by atoms with Gasteiger partial charge in [0.05, 0.1) is 5.41 Å². The average Bonchev–Trinajstić information content (AvgIpc) is 3.59.